The highest BCUT2D eigenvalue weighted by atomic mass is 16.6. The van der Waals surface area contributed by atoms with Gasteiger partial charge in [-0.15, -0.1) is 0 Å². The average Bonchev–Trinajstić information content (AvgIpc) is 2.95. The molecule has 0 radical (unpaired) electrons. The summed E-state index contributed by atoms with van der Waals surface area (Å²) in [4.78, 5) is 43.9. The molecule has 40 heavy (non-hydrogen) atoms. The van der Waals surface area contributed by atoms with E-state index in [1.54, 1.807) is 18.9 Å². The summed E-state index contributed by atoms with van der Waals surface area (Å²) in [5, 5.41) is 8.91. The molecule has 0 bridgehead atoms. The second-order valence-electron chi connectivity index (χ2n) is 11.8. The van der Waals surface area contributed by atoms with E-state index in [0.29, 0.717) is 19.6 Å². The number of ether oxygens (including phenoxy) is 1. The van der Waals surface area contributed by atoms with E-state index >= 15 is 0 Å². The Morgan fingerprint density at radius 2 is 1.70 bits per heavy atom. The molecular formula is C31H43N5O4. The maximum absolute atomic E-state index is 14.0. The molecule has 9 heteroatoms. The highest BCUT2D eigenvalue weighted by molar-refractivity contribution is 5.90. The molecule has 2 aromatic rings. The van der Waals surface area contributed by atoms with Crippen LogP contribution in [-0.4, -0.2) is 67.8 Å². The molecule has 1 fully saturated rings. The maximum Gasteiger partial charge on any atom is 0.409 e. The lowest BCUT2D eigenvalue weighted by molar-refractivity contribution is -0.149. The molecule has 1 heterocycles. The zero-order valence-electron chi connectivity index (χ0n) is 24.3. The quantitative estimate of drug-likeness (QED) is 0.488. The van der Waals surface area contributed by atoms with Gasteiger partial charge in [0.15, 0.2) is 6.23 Å². The Kier molecular flexibility index (Phi) is 9.35. The predicted molar refractivity (Wildman–Crippen MR) is 156 cm³/mol. The first-order valence-corrected chi connectivity index (χ1v) is 14.2. The van der Waals surface area contributed by atoms with Crippen LogP contribution in [0.1, 0.15) is 57.7 Å². The van der Waals surface area contributed by atoms with Crippen molar-refractivity contribution in [1.29, 1.82) is 0 Å². The minimum atomic E-state index is -0.830. The van der Waals surface area contributed by atoms with E-state index in [2.05, 4.69) is 33.0 Å². The zero-order valence-corrected chi connectivity index (χ0v) is 24.3. The van der Waals surface area contributed by atoms with Gasteiger partial charge >= 0.3 is 6.09 Å². The van der Waals surface area contributed by atoms with Gasteiger partial charge in [0.25, 0.3) is 0 Å². The molecule has 2 aliphatic rings. The third-order valence-electron chi connectivity index (χ3n) is 7.87. The molecule has 3 N–H and O–H groups in total. The Hall–Kier alpha value is -3.59. The van der Waals surface area contributed by atoms with Crippen molar-refractivity contribution in [3.63, 3.8) is 0 Å². The summed E-state index contributed by atoms with van der Waals surface area (Å²) in [5.41, 5.74) is 2.79. The number of aryl methyl sites for hydroxylation is 1. The molecule has 1 saturated heterocycles. The monoisotopic (exact) mass is 549 g/mol. The van der Waals surface area contributed by atoms with E-state index in [1.165, 1.54) is 5.56 Å². The largest absolute Gasteiger partial charge is 0.423 e. The van der Waals surface area contributed by atoms with Crippen LogP contribution in [0.2, 0.25) is 0 Å². The van der Waals surface area contributed by atoms with E-state index < -0.39 is 29.8 Å². The number of nitrogens with zero attached hydrogens (tertiary/aromatic N) is 2. The number of hydrogen-bond acceptors (Lipinski definition) is 6. The van der Waals surface area contributed by atoms with E-state index in [1.807, 2.05) is 63.2 Å². The standard InChI is InChI=1S/C31H43N5O4/c1-21(32-5)28(37)34-27(31(2,3)4)29(38)36-19-18-35(23-14-7-6-8-15-23)20-26(36)40-30(39)33-25-17-11-13-22-12-9-10-16-24(22)25/h6-10,12,14-16,21,25-27,32H,11,13,17-20H2,1-5H3,(H,33,39)(H,34,37). The van der Waals surface area contributed by atoms with Crippen LogP contribution in [0.25, 0.3) is 0 Å². The number of piperazine rings is 1. The molecule has 0 spiro atoms. The Balaban J connectivity index is 1.55. The molecule has 4 atom stereocenters. The highest BCUT2D eigenvalue weighted by Crippen LogP contribution is 2.30. The average molecular weight is 550 g/mol. The first kappa shape index (κ1) is 29.4. The first-order chi connectivity index (χ1) is 19.1. The lowest BCUT2D eigenvalue weighted by Gasteiger charge is -2.44. The smallest absolute Gasteiger partial charge is 0.409 e. The van der Waals surface area contributed by atoms with Crippen LogP contribution in [0.3, 0.4) is 0 Å². The summed E-state index contributed by atoms with van der Waals surface area (Å²) < 4.78 is 6.02. The molecule has 4 rings (SSSR count). The molecule has 2 aromatic carbocycles. The van der Waals surface area contributed by atoms with Crippen LogP contribution < -0.4 is 20.9 Å². The van der Waals surface area contributed by atoms with Gasteiger partial charge in [-0.1, -0.05) is 63.2 Å². The van der Waals surface area contributed by atoms with Crippen molar-refractivity contribution in [2.45, 2.75) is 71.3 Å². The number of benzene rings is 2. The van der Waals surface area contributed by atoms with Gasteiger partial charge in [-0.2, -0.15) is 0 Å². The van der Waals surface area contributed by atoms with Gasteiger partial charge in [-0.3, -0.25) is 9.59 Å². The number of para-hydroxylation sites is 1. The molecule has 1 aliphatic heterocycles. The summed E-state index contributed by atoms with van der Waals surface area (Å²) in [7, 11) is 1.70. The summed E-state index contributed by atoms with van der Waals surface area (Å²) in [6.45, 7) is 8.75. The van der Waals surface area contributed by atoms with Crippen LogP contribution in [-0.2, 0) is 20.7 Å². The number of hydrogen-bond donors (Lipinski definition) is 3. The fourth-order valence-corrected chi connectivity index (χ4v) is 5.39. The van der Waals surface area contributed by atoms with Gasteiger partial charge in [-0.25, -0.2) is 4.79 Å². The number of amides is 3. The van der Waals surface area contributed by atoms with Gasteiger partial charge in [0.05, 0.1) is 18.6 Å². The van der Waals surface area contributed by atoms with Crippen molar-refractivity contribution in [3.05, 3.63) is 65.7 Å². The van der Waals surface area contributed by atoms with Crippen molar-refractivity contribution < 1.29 is 19.1 Å². The van der Waals surface area contributed by atoms with Gasteiger partial charge < -0.3 is 30.5 Å². The summed E-state index contributed by atoms with van der Waals surface area (Å²) in [6.07, 6.45) is 1.42. The van der Waals surface area contributed by atoms with Crippen molar-refractivity contribution in [2.24, 2.45) is 5.41 Å². The SMILES string of the molecule is CNC(C)C(=O)NC(C(=O)N1CCN(c2ccccc2)CC1OC(=O)NC1CCCc2ccccc21)C(C)(C)C. The van der Waals surface area contributed by atoms with Crippen molar-refractivity contribution in [2.75, 3.05) is 31.6 Å². The number of nitrogens with one attached hydrogen (secondary N) is 3. The summed E-state index contributed by atoms with van der Waals surface area (Å²) in [5.74, 6) is -0.525. The fraction of sp³-hybridized carbons (Fsp3) is 0.516. The Morgan fingerprint density at radius 3 is 2.40 bits per heavy atom. The van der Waals surface area contributed by atoms with Crippen LogP contribution in [0.4, 0.5) is 10.5 Å². The maximum atomic E-state index is 14.0. The van der Waals surface area contributed by atoms with Crippen molar-refractivity contribution in [3.8, 4) is 0 Å². The Labute approximate surface area is 237 Å². The molecule has 1 aliphatic carbocycles. The molecular weight excluding hydrogens is 506 g/mol. The second-order valence-corrected chi connectivity index (χ2v) is 11.8. The highest BCUT2D eigenvalue weighted by Gasteiger charge is 2.42. The number of fused-ring (bicyclic) bond motifs is 1. The molecule has 4 unspecified atom stereocenters. The fourth-order valence-electron chi connectivity index (χ4n) is 5.39. The summed E-state index contributed by atoms with van der Waals surface area (Å²) in [6, 6.07) is 16.7. The number of carbonyl (C=O) groups is 3. The first-order valence-electron chi connectivity index (χ1n) is 14.2. The van der Waals surface area contributed by atoms with E-state index in [0.717, 1.165) is 30.5 Å². The third kappa shape index (κ3) is 6.94. The minimum absolute atomic E-state index is 0.139. The van der Waals surface area contributed by atoms with Gasteiger partial charge in [-0.05, 0) is 61.9 Å². The Bertz CT molecular complexity index is 1180. The molecule has 3 amide bonds. The number of likely N-dealkylation sites (N-methyl/N-ethyl adjacent to an activating group) is 1. The molecule has 0 saturated carbocycles. The third-order valence-corrected chi connectivity index (χ3v) is 7.87. The van der Waals surface area contributed by atoms with E-state index in [-0.39, 0.29) is 17.9 Å². The molecule has 0 aromatic heterocycles. The van der Waals surface area contributed by atoms with Gasteiger partial charge in [0.2, 0.25) is 11.8 Å². The minimum Gasteiger partial charge on any atom is -0.423 e. The summed E-state index contributed by atoms with van der Waals surface area (Å²) >= 11 is 0. The lowest BCUT2D eigenvalue weighted by Crippen LogP contribution is -2.64. The van der Waals surface area contributed by atoms with Crippen LogP contribution in [0.5, 0.6) is 0 Å². The number of alkyl carbamates (subject to hydrolysis) is 1. The lowest BCUT2D eigenvalue weighted by atomic mass is 9.85. The van der Waals surface area contributed by atoms with Gasteiger partial charge in [0.1, 0.15) is 6.04 Å². The number of rotatable bonds is 7. The zero-order chi connectivity index (χ0) is 28.9. The van der Waals surface area contributed by atoms with Crippen LogP contribution in [0, 0.1) is 5.41 Å². The number of anilines is 1. The normalized spacial score (nSPS) is 20.6. The second kappa shape index (κ2) is 12.7. The number of carbonyl (C=O) groups excluding carboxylic acids is 3. The molecule has 9 nitrogen and oxygen atoms in total. The van der Waals surface area contributed by atoms with E-state index in [9.17, 15) is 14.4 Å². The van der Waals surface area contributed by atoms with Gasteiger partial charge in [0, 0.05) is 18.8 Å². The molecule has 216 valence electrons. The topological polar surface area (TPSA) is 103 Å². The van der Waals surface area contributed by atoms with Crippen LogP contribution in [0.15, 0.2) is 54.6 Å². The van der Waals surface area contributed by atoms with Crippen molar-refractivity contribution >= 4 is 23.6 Å². The predicted octanol–water partition coefficient (Wildman–Crippen LogP) is 3.60. The van der Waals surface area contributed by atoms with Crippen molar-refractivity contribution in [1.82, 2.24) is 20.9 Å². The van der Waals surface area contributed by atoms with Crippen LogP contribution >= 0.6 is 0 Å². The van der Waals surface area contributed by atoms with E-state index in [4.69, 9.17) is 4.74 Å². The Morgan fingerprint density at radius 1 is 1.00 bits per heavy atom.